The Bertz CT molecular complexity index is 1440. The molecule has 228 valence electrons. The van der Waals surface area contributed by atoms with E-state index in [1.807, 2.05) is 102 Å². The summed E-state index contributed by atoms with van der Waals surface area (Å²) < 4.78 is 6.35. The van der Waals surface area contributed by atoms with Gasteiger partial charge in [-0.25, -0.2) is 0 Å². The van der Waals surface area contributed by atoms with Crippen molar-refractivity contribution in [1.29, 1.82) is 0 Å². The highest BCUT2D eigenvalue weighted by atomic mass is 16.5. The SMILES string of the molecule is CCC(C(=O)Oc1cc(C(C)(C)C)c(O)cc1C)(c1cc(C(C)(C)C)c(O)cc1C)c1cc(C(C)(C)C)c(O)cc1C. The van der Waals surface area contributed by atoms with Crippen LogP contribution < -0.4 is 4.74 Å². The molecule has 42 heavy (non-hydrogen) atoms. The van der Waals surface area contributed by atoms with Crippen molar-refractivity contribution in [2.45, 2.75) is 118 Å². The van der Waals surface area contributed by atoms with Gasteiger partial charge in [-0.1, -0.05) is 69.2 Å². The third-order valence-electron chi connectivity index (χ3n) is 8.40. The second-order valence-corrected chi connectivity index (χ2v) is 14.9. The minimum atomic E-state index is -1.26. The lowest BCUT2D eigenvalue weighted by molar-refractivity contribution is -0.139. The Morgan fingerprint density at radius 3 is 1.24 bits per heavy atom. The van der Waals surface area contributed by atoms with E-state index in [1.54, 1.807) is 24.3 Å². The van der Waals surface area contributed by atoms with E-state index in [0.717, 1.165) is 33.4 Å². The predicted molar refractivity (Wildman–Crippen MR) is 171 cm³/mol. The first-order valence-electron chi connectivity index (χ1n) is 14.8. The van der Waals surface area contributed by atoms with E-state index in [4.69, 9.17) is 4.74 Å². The first kappa shape index (κ1) is 33.0. The molecule has 0 amide bonds. The number of hydrogen-bond donors (Lipinski definition) is 3. The summed E-state index contributed by atoms with van der Waals surface area (Å²) >= 11 is 0. The molecule has 3 N–H and O–H groups in total. The van der Waals surface area contributed by atoms with E-state index < -0.39 is 11.4 Å². The fourth-order valence-corrected chi connectivity index (χ4v) is 5.97. The number of carbonyl (C=O) groups excluding carboxylic acids is 1. The van der Waals surface area contributed by atoms with Crippen LogP contribution in [0.4, 0.5) is 0 Å². The zero-order chi connectivity index (χ0) is 32.2. The number of aryl methyl sites for hydroxylation is 3. The van der Waals surface area contributed by atoms with E-state index in [1.165, 1.54) is 0 Å². The number of phenols is 3. The summed E-state index contributed by atoms with van der Waals surface area (Å²) in [7, 11) is 0. The molecular weight excluding hydrogens is 524 g/mol. The summed E-state index contributed by atoms with van der Waals surface area (Å²) in [4.78, 5) is 14.9. The molecule has 0 spiro atoms. The lowest BCUT2D eigenvalue weighted by atomic mass is 9.67. The highest BCUT2D eigenvalue weighted by Gasteiger charge is 2.46. The summed E-state index contributed by atoms with van der Waals surface area (Å²) in [5, 5.41) is 32.6. The molecule has 0 aromatic heterocycles. The van der Waals surface area contributed by atoms with Crippen LogP contribution in [0, 0.1) is 20.8 Å². The van der Waals surface area contributed by atoms with E-state index in [2.05, 4.69) is 0 Å². The molecule has 0 radical (unpaired) electrons. The third-order valence-corrected chi connectivity index (χ3v) is 8.40. The minimum absolute atomic E-state index is 0.162. The Labute approximate surface area is 252 Å². The summed E-state index contributed by atoms with van der Waals surface area (Å²) in [6.45, 7) is 25.8. The predicted octanol–water partition coefficient (Wildman–Crippen LogP) is 8.92. The highest BCUT2D eigenvalue weighted by Crippen LogP contribution is 2.47. The molecular formula is C37H50O5. The average Bonchev–Trinajstić information content (AvgIpc) is 2.81. The van der Waals surface area contributed by atoms with Crippen LogP contribution in [-0.4, -0.2) is 21.3 Å². The van der Waals surface area contributed by atoms with Crippen molar-refractivity contribution in [3.05, 3.63) is 80.9 Å². The molecule has 3 rings (SSSR count). The average molecular weight is 575 g/mol. The Balaban J connectivity index is 2.45. The van der Waals surface area contributed by atoms with E-state index in [9.17, 15) is 20.1 Å². The lowest BCUT2D eigenvalue weighted by Crippen LogP contribution is -2.42. The van der Waals surface area contributed by atoms with Gasteiger partial charge in [-0.15, -0.1) is 0 Å². The van der Waals surface area contributed by atoms with Crippen molar-refractivity contribution in [2.24, 2.45) is 0 Å². The van der Waals surface area contributed by atoms with E-state index in [0.29, 0.717) is 23.3 Å². The van der Waals surface area contributed by atoms with Crippen molar-refractivity contribution in [1.82, 2.24) is 0 Å². The van der Waals surface area contributed by atoms with Crippen LogP contribution in [0.2, 0.25) is 0 Å². The van der Waals surface area contributed by atoms with Gasteiger partial charge in [0.15, 0.2) is 0 Å². The van der Waals surface area contributed by atoms with Gasteiger partial charge in [0.1, 0.15) is 28.4 Å². The normalized spacial score (nSPS) is 12.9. The zero-order valence-electron chi connectivity index (χ0n) is 27.8. The second kappa shape index (κ2) is 11.0. The van der Waals surface area contributed by atoms with Gasteiger partial charge in [-0.2, -0.15) is 0 Å². The molecule has 0 unspecified atom stereocenters. The largest absolute Gasteiger partial charge is 0.508 e. The number of phenolic OH excluding ortho intramolecular Hbond substituents is 3. The molecule has 3 aromatic rings. The van der Waals surface area contributed by atoms with Gasteiger partial charge >= 0.3 is 5.97 Å². The number of esters is 1. The molecule has 5 heteroatoms. The molecule has 3 aromatic carbocycles. The van der Waals surface area contributed by atoms with Crippen LogP contribution >= 0.6 is 0 Å². The molecule has 0 atom stereocenters. The van der Waals surface area contributed by atoms with Crippen LogP contribution in [0.3, 0.4) is 0 Å². The van der Waals surface area contributed by atoms with Gasteiger partial charge in [0, 0.05) is 5.56 Å². The zero-order valence-corrected chi connectivity index (χ0v) is 27.8. The van der Waals surface area contributed by atoms with Gasteiger partial charge in [-0.05, 0) is 119 Å². The fourth-order valence-electron chi connectivity index (χ4n) is 5.97. The first-order chi connectivity index (χ1) is 19.0. The Morgan fingerprint density at radius 2 is 0.905 bits per heavy atom. The molecule has 5 nitrogen and oxygen atoms in total. The summed E-state index contributed by atoms with van der Waals surface area (Å²) in [6.07, 6.45) is 0.374. The van der Waals surface area contributed by atoms with Crippen molar-refractivity contribution in [2.75, 3.05) is 0 Å². The smallest absolute Gasteiger partial charge is 0.326 e. The Hall–Kier alpha value is -3.47. The lowest BCUT2D eigenvalue weighted by Gasteiger charge is -2.37. The van der Waals surface area contributed by atoms with Crippen molar-refractivity contribution in [3.63, 3.8) is 0 Å². The fraction of sp³-hybridized carbons (Fsp3) is 0.486. The molecule has 0 saturated heterocycles. The minimum Gasteiger partial charge on any atom is -0.508 e. The highest BCUT2D eigenvalue weighted by molar-refractivity contribution is 5.91. The van der Waals surface area contributed by atoms with Gasteiger partial charge in [-0.3, -0.25) is 4.79 Å². The van der Waals surface area contributed by atoms with Gasteiger partial charge in [0.25, 0.3) is 0 Å². The summed E-state index contributed by atoms with van der Waals surface area (Å²) in [5.41, 5.74) is 3.43. The molecule has 0 aliphatic rings. The van der Waals surface area contributed by atoms with Gasteiger partial charge in [0.2, 0.25) is 0 Å². The molecule has 0 bridgehead atoms. The molecule has 0 saturated carbocycles. The third kappa shape index (κ3) is 6.02. The van der Waals surface area contributed by atoms with Crippen LogP contribution in [-0.2, 0) is 26.5 Å². The number of carbonyl (C=O) groups is 1. The van der Waals surface area contributed by atoms with Crippen molar-refractivity contribution < 1.29 is 24.9 Å². The van der Waals surface area contributed by atoms with Crippen molar-refractivity contribution in [3.8, 4) is 23.0 Å². The topological polar surface area (TPSA) is 87.0 Å². The van der Waals surface area contributed by atoms with E-state index in [-0.39, 0.29) is 33.5 Å². The van der Waals surface area contributed by atoms with Crippen molar-refractivity contribution >= 4 is 5.97 Å². The van der Waals surface area contributed by atoms with Gasteiger partial charge in [0.05, 0.1) is 0 Å². The monoisotopic (exact) mass is 574 g/mol. The van der Waals surface area contributed by atoms with Crippen LogP contribution in [0.15, 0.2) is 36.4 Å². The number of benzene rings is 3. The number of hydrogen-bond acceptors (Lipinski definition) is 5. The maximum atomic E-state index is 14.9. The maximum absolute atomic E-state index is 14.9. The quantitative estimate of drug-likeness (QED) is 0.209. The first-order valence-corrected chi connectivity index (χ1v) is 14.8. The molecule has 0 fully saturated rings. The number of aromatic hydroxyl groups is 3. The Kier molecular flexibility index (Phi) is 8.64. The maximum Gasteiger partial charge on any atom is 0.326 e. The Morgan fingerprint density at radius 1 is 0.571 bits per heavy atom. The number of rotatable bonds is 5. The van der Waals surface area contributed by atoms with Crippen LogP contribution in [0.25, 0.3) is 0 Å². The second-order valence-electron chi connectivity index (χ2n) is 14.9. The molecule has 0 aliphatic carbocycles. The van der Waals surface area contributed by atoms with Gasteiger partial charge < -0.3 is 20.1 Å². The number of ether oxygens (including phenoxy) is 1. The summed E-state index contributed by atoms with van der Waals surface area (Å²) in [6, 6.07) is 10.8. The van der Waals surface area contributed by atoms with Crippen LogP contribution in [0.1, 0.15) is 120 Å². The molecule has 0 aliphatic heterocycles. The standard InChI is InChI=1S/C37H50O5/c1-14-37(24-18-26(34(5,6)7)29(38)15-21(24)2,25-19-27(35(8,9)10)30(39)16-22(25)3)33(41)42-32-20-28(36(11,12)13)31(40)17-23(32)4/h15-20,38-40H,14H2,1-13H3. The summed E-state index contributed by atoms with van der Waals surface area (Å²) in [5.74, 6) is 0.463. The van der Waals surface area contributed by atoms with E-state index >= 15 is 0 Å². The van der Waals surface area contributed by atoms with Crippen LogP contribution in [0.5, 0.6) is 23.0 Å². The molecule has 0 heterocycles.